The van der Waals surface area contributed by atoms with E-state index in [0.29, 0.717) is 18.3 Å². The second-order valence-electron chi connectivity index (χ2n) is 10.1. The van der Waals surface area contributed by atoms with Gasteiger partial charge in [-0.1, -0.05) is 48.5 Å². The number of rotatable bonds is 6. The molecular weight excluding hydrogens is 524 g/mol. The number of aliphatic imine (C=N–C) groups is 2. The van der Waals surface area contributed by atoms with Gasteiger partial charge in [0.05, 0.1) is 42.5 Å². The molecule has 1 N–H and O–H groups in total. The fraction of sp³-hybridized carbons (Fsp3) is 0.147. The Morgan fingerprint density at radius 1 is 0.833 bits per heavy atom. The van der Waals surface area contributed by atoms with Gasteiger partial charge in [-0.3, -0.25) is 0 Å². The largest absolute Gasteiger partial charge is 0.496 e. The van der Waals surface area contributed by atoms with E-state index in [-0.39, 0.29) is 6.04 Å². The van der Waals surface area contributed by atoms with E-state index in [1.807, 2.05) is 110 Å². The predicted molar refractivity (Wildman–Crippen MR) is 167 cm³/mol. The minimum atomic E-state index is -0.269. The van der Waals surface area contributed by atoms with Crippen molar-refractivity contribution in [1.29, 1.82) is 0 Å². The van der Waals surface area contributed by atoms with Gasteiger partial charge in [-0.2, -0.15) is 5.10 Å². The van der Waals surface area contributed by atoms with Gasteiger partial charge in [0.25, 0.3) is 0 Å². The molecule has 8 heteroatoms. The highest BCUT2D eigenvalue weighted by molar-refractivity contribution is 6.51. The highest BCUT2D eigenvalue weighted by Gasteiger charge is 2.42. The van der Waals surface area contributed by atoms with E-state index in [1.54, 1.807) is 7.11 Å². The molecule has 7 rings (SSSR count). The molecule has 0 saturated heterocycles. The molecule has 4 aromatic carbocycles. The number of amidine groups is 2. The summed E-state index contributed by atoms with van der Waals surface area (Å²) >= 11 is 0. The molecule has 0 bridgehead atoms. The summed E-state index contributed by atoms with van der Waals surface area (Å²) in [6, 6.07) is 34.0. The summed E-state index contributed by atoms with van der Waals surface area (Å²) in [5.41, 5.74) is 6.56. The molecule has 2 aliphatic rings. The SMILES string of the molecule is CCOc1ccc(NC2=Nc3ccccc3N3C2=Nc2c(c(C)nn2-c2ccccc2)[C@@H]3c2ccccc2OC)cc1. The molecular formula is C34H30N6O2. The predicted octanol–water partition coefficient (Wildman–Crippen LogP) is 7.38. The third kappa shape index (κ3) is 4.28. The van der Waals surface area contributed by atoms with Crippen LogP contribution in [0.25, 0.3) is 5.69 Å². The first-order chi connectivity index (χ1) is 20.7. The van der Waals surface area contributed by atoms with Crippen molar-refractivity contribution < 1.29 is 9.47 Å². The van der Waals surface area contributed by atoms with Crippen LogP contribution in [0.3, 0.4) is 0 Å². The van der Waals surface area contributed by atoms with Crippen LogP contribution in [0.4, 0.5) is 22.9 Å². The van der Waals surface area contributed by atoms with Gasteiger partial charge in [-0.15, -0.1) is 0 Å². The second-order valence-corrected chi connectivity index (χ2v) is 10.1. The van der Waals surface area contributed by atoms with Crippen LogP contribution in [0.5, 0.6) is 11.5 Å². The summed E-state index contributed by atoms with van der Waals surface area (Å²) in [4.78, 5) is 12.6. The topological polar surface area (TPSA) is 76.3 Å². The van der Waals surface area contributed by atoms with Gasteiger partial charge in [-0.25, -0.2) is 14.7 Å². The normalized spacial score (nSPS) is 15.1. The van der Waals surface area contributed by atoms with E-state index in [9.17, 15) is 0 Å². The van der Waals surface area contributed by atoms with Crippen LogP contribution in [0, 0.1) is 6.92 Å². The average Bonchev–Trinajstić information content (AvgIpc) is 3.37. The Morgan fingerprint density at radius 2 is 1.57 bits per heavy atom. The van der Waals surface area contributed by atoms with E-state index in [1.165, 1.54) is 0 Å². The maximum atomic E-state index is 5.91. The van der Waals surface area contributed by atoms with Crippen molar-refractivity contribution in [3.8, 4) is 17.2 Å². The quantitative estimate of drug-likeness (QED) is 0.237. The monoisotopic (exact) mass is 554 g/mol. The van der Waals surface area contributed by atoms with Gasteiger partial charge in [0.2, 0.25) is 0 Å². The van der Waals surface area contributed by atoms with Gasteiger partial charge in [0.15, 0.2) is 17.5 Å². The van der Waals surface area contributed by atoms with Gasteiger partial charge < -0.3 is 19.7 Å². The molecule has 0 fully saturated rings. The molecule has 8 nitrogen and oxygen atoms in total. The molecule has 0 unspecified atom stereocenters. The number of anilines is 2. The molecule has 0 saturated carbocycles. The molecule has 0 amide bonds. The standard InChI is InChI=1S/C34H30N6O2/c1-4-42-25-20-18-23(19-21-25)35-32-34-37-33-30(22(2)38-40(33)24-12-6-5-7-13-24)31(26-14-8-11-17-29(26)41-3)39(34)28-16-10-9-15-27(28)36-32/h5-21,31H,4H2,1-3H3,(H,35,36)/t31-/m0/s1. The summed E-state index contributed by atoms with van der Waals surface area (Å²) in [6.45, 7) is 4.64. The number of para-hydroxylation sites is 4. The van der Waals surface area contributed by atoms with Crippen LogP contribution in [-0.4, -0.2) is 35.2 Å². The van der Waals surface area contributed by atoms with E-state index in [2.05, 4.69) is 22.3 Å². The smallest absolute Gasteiger partial charge is 0.179 e. The lowest BCUT2D eigenvalue weighted by Gasteiger charge is -2.41. The van der Waals surface area contributed by atoms with Gasteiger partial charge in [0.1, 0.15) is 11.5 Å². The first kappa shape index (κ1) is 25.6. The molecule has 2 aliphatic heterocycles. The Morgan fingerprint density at radius 3 is 2.36 bits per heavy atom. The molecule has 5 aromatic rings. The molecule has 0 aliphatic carbocycles. The number of benzene rings is 4. The Labute approximate surface area is 244 Å². The van der Waals surface area contributed by atoms with Gasteiger partial charge in [0, 0.05) is 16.8 Å². The Hall–Kier alpha value is -5.37. The van der Waals surface area contributed by atoms with Crippen LogP contribution in [-0.2, 0) is 0 Å². The third-order valence-electron chi connectivity index (χ3n) is 7.50. The third-order valence-corrected chi connectivity index (χ3v) is 7.50. The summed E-state index contributed by atoms with van der Waals surface area (Å²) < 4.78 is 13.5. The van der Waals surface area contributed by atoms with Crippen molar-refractivity contribution in [3.63, 3.8) is 0 Å². The molecule has 0 radical (unpaired) electrons. The Bertz CT molecular complexity index is 1830. The first-order valence-electron chi connectivity index (χ1n) is 14.0. The summed E-state index contributed by atoms with van der Waals surface area (Å²) in [6.07, 6.45) is 0. The summed E-state index contributed by atoms with van der Waals surface area (Å²) in [5, 5.41) is 8.56. The highest BCUT2D eigenvalue weighted by Crippen LogP contribution is 2.49. The van der Waals surface area contributed by atoms with Crippen molar-refractivity contribution in [2.45, 2.75) is 19.9 Å². The molecule has 208 valence electrons. The molecule has 1 aromatic heterocycles. The van der Waals surface area contributed by atoms with E-state index >= 15 is 0 Å². The van der Waals surface area contributed by atoms with Gasteiger partial charge >= 0.3 is 0 Å². The van der Waals surface area contributed by atoms with Gasteiger partial charge in [-0.05, 0) is 68.4 Å². The summed E-state index contributed by atoms with van der Waals surface area (Å²) in [5.74, 6) is 3.72. The minimum Gasteiger partial charge on any atom is -0.496 e. The zero-order chi connectivity index (χ0) is 28.6. The number of aromatic nitrogens is 2. The van der Waals surface area contributed by atoms with E-state index in [4.69, 9.17) is 24.6 Å². The minimum absolute atomic E-state index is 0.269. The van der Waals surface area contributed by atoms with E-state index in [0.717, 1.165) is 56.9 Å². The lowest BCUT2D eigenvalue weighted by Crippen LogP contribution is -2.46. The average molecular weight is 555 g/mol. The summed E-state index contributed by atoms with van der Waals surface area (Å²) in [7, 11) is 1.71. The first-order valence-corrected chi connectivity index (χ1v) is 14.0. The number of nitrogens with one attached hydrogen (secondary N) is 1. The zero-order valence-corrected chi connectivity index (χ0v) is 23.7. The van der Waals surface area contributed by atoms with Crippen molar-refractivity contribution >= 4 is 34.6 Å². The van der Waals surface area contributed by atoms with Crippen molar-refractivity contribution in [2.75, 3.05) is 23.9 Å². The van der Waals surface area contributed by atoms with Crippen LogP contribution < -0.4 is 19.7 Å². The Balaban J connectivity index is 1.46. The number of nitrogens with zero attached hydrogens (tertiary/aromatic N) is 5. The zero-order valence-electron chi connectivity index (χ0n) is 23.7. The maximum Gasteiger partial charge on any atom is 0.179 e. The number of methoxy groups -OCH3 is 1. The lowest BCUT2D eigenvalue weighted by molar-refractivity contribution is 0.340. The van der Waals surface area contributed by atoms with Crippen LogP contribution in [0.2, 0.25) is 0 Å². The number of ether oxygens (including phenoxy) is 2. The van der Waals surface area contributed by atoms with Crippen LogP contribution >= 0.6 is 0 Å². The van der Waals surface area contributed by atoms with Crippen molar-refractivity contribution in [3.05, 3.63) is 120 Å². The molecule has 0 spiro atoms. The maximum absolute atomic E-state index is 5.91. The molecule has 1 atom stereocenters. The number of hydrogen-bond acceptors (Lipinski definition) is 7. The number of fused-ring (bicyclic) bond motifs is 4. The fourth-order valence-corrected chi connectivity index (χ4v) is 5.67. The van der Waals surface area contributed by atoms with Crippen LogP contribution in [0.15, 0.2) is 113 Å². The number of hydrogen-bond donors (Lipinski definition) is 1. The molecule has 42 heavy (non-hydrogen) atoms. The highest BCUT2D eigenvalue weighted by atomic mass is 16.5. The molecule has 3 heterocycles. The van der Waals surface area contributed by atoms with Crippen LogP contribution in [0.1, 0.15) is 29.8 Å². The van der Waals surface area contributed by atoms with E-state index < -0.39 is 0 Å². The Kier molecular flexibility index (Phi) is 6.43. The number of aryl methyl sites for hydroxylation is 1. The lowest BCUT2D eigenvalue weighted by atomic mass is 9.92. The second kappa shape index (κ2) is 10.6. The van der Waals surface area contributed by atoms with Crippen molar-refractivity contribution in [2.24, 2.45) is 9.98 Å². The van der Waals surface area contributed by atoms with Crippen molar-refractivity contribution in [1.82, 2.24) is 9.78 Å². The fourth-order valence-electron chi connectivity index (χ4n) is 5.67.